The van der Waals surface area contributed by atoms with Gasteiger partial charge in [-0.1, -0.05) is 65.0 Å². The first-order valence-electron chi connectivity index (χ1n) is 14.7. The number of aryl methyl sites for hydroxylation is 1. The van der Waals surface area contributed by atoms with E-state index in [4.69, 9.17) is 9.47 Å². The normalized spacial score (nSPS) is 14.4. The average molecular weight is 687 g/mol. The van der Waals surface area contributed by atoms with Gasteiger partial charge < -0.3 is 19.7 Å². The van der Waals surface area contributed by atoms with Gasteiger partial charge in [-0.25, -0.2) is 8.42 Å². The molecule has 4 rings (SSSR count). The standard InChI is InChI=1S/C33H40BrN3O6S/c1-23-13-15-28(16-14-23)37(44(40,41)29-17-18-30(42-3)31(20-29)43-4)22-32(38)36(21-25-9-8-10-26(34)19-25)24(2)33(39)35-27-11-6-5-7-12-27/h8-10,13-20,24,27H,5-7,11-12,21-22H2,1-4H3,(H,35,39)/t24-/m1/s1. The van der Waals surface area contributed by atoms with Gasteiger partial charge in [0.05, 0.1) is 24.8 Å². The van der Waals surface area contributed by atoms with Crippen LogP contribution in [0.3, 0.4) is 0 Å². The Labute approximate surface area is 268 Å². The van der Waals surface area contributed by atoms with Crippen LogP contribution in [0.1, 0.15) is 50.2 Å². The largest absolute Gasteiger partial charge is 0.493 e. The Bertz CT molecular complexity index is 1560. The minimum atomic E-state index is -4.26. The maximum Gasteiger partial charge on any atom is 0.264 e. The van der Waals surface area contributed by atoms with Gasteiger partial charge in [-0.05, 0) is 68.7 Å². The summed E-state index contributed by atoms with van der Waals surface area (Å²) in [5.74, 6) is -0.152. The molecule has 0 heterocycles. The topological polar surface area (TPSA) is 105 Å². The highest BCUT2D eigenvalue weighted by molar-refractivity contribution is 9.10. The zero-order valence-electron chi connectivity index (χ0n) is 25.6. The number of sulfonamides is 1. The summed E-state index contributed by atoms with van der Waals surface area (Å²) in [5.41, 5.74) is 2.06. The van der Waals surface area contributed by atoms with E-state index in [0.29, 0.717) is 11.4 Å². The van der Waals surface area contributed by atoms with Crippen LogP contribution in [0.4, 0.5) is 5.69 Å². The molecule has 0 saturated heterocycles. The molecule has 11 heteroatoms. The minimum absolute atomic E-state index is 0.0647. The Hall–Kier alpha value is -3.57. The predicted octanol–water partition coefficient (Wildman–Crippen LogP) is 5.84. The number of hydrogen-bond donors (Lipinski definition) is 1. The summed E-state index contributed by atoms with van der Waals surface area (Å²) >= 11 is 3.48. The molecular weight excluding hydrogens is 646 g/mol. The van der Waals surface area contributed by atoms with Crippen LogP contribution in [0, 0.1) is 6.92 Å². The molecule has 236 valence electrons. The zero-order valence-corrected chi connectivity index (χ0v) is 28.0. The summed E-state index contributed by atoms with van der Waals surface area (Å²) in [5, 5.41) is 3.12. The molecule has 0 aromatic heterocycles. The molecule has 1 atom stereocenters. The van der Waals surface area contributed by atoms with Crippen molar-refractivity contribution in [3.05, 3.63) is 82.3 Å². The third kappa shape index (κ3) is 8.12. The molecule has 3 aromatic rings. The van der Waals surface area contributed by atoms with E-state index >= 15 is 0 Å². The molecule has 3 aromatic carbocycles. The lowest BCUT2D eigenvalue weighted by Crippen LogP contribution is -2.53. The van der Waals surface area contributed by atoms with E-state index in [-0.39, 0.29) is 29.1 Å². The SMILES string of the molecule is COc1ccc(S(=O)(=O)N(CC(=O)N(Cc2cccc(Br)c2)[C@H](C)C(=O)NC2CCCCC2)c2ccc(C)cc2)cc1OC. The Morgan fingerprint density at radius 3 is 2.27 bits per heavy atom. The summed E-state index contributed by atoms with van der Waals surface area (Å²) in [7, 11) is -1.37. The first kappa shape index (κ1) is 33.3. The number of carbonyl (C=O) groups excluding carboxylic acids is 2. The number of benzene rings is 3. The van der Waals surface area contributed by atoms with E-state index in [1.807, 2.05) is 31.2 Å². The van der Waals surface area contributed by atoms with Crippen molar-refractivity contribution in [2.24, 2.45) is 0 Å². The highest BCUT2D eigenvalue weighted by atomic mass is 79.9. The first-order chi connectivity index (χ1) is 21.0. The Morgan fingerprint density at radius 2 is 1.64 bits per heavy atom. The molecule has 0 bridgehead atoms. The molecule has 1 saturated carbocycles. The van der Waals surface area contributed by atoms with Gasteiger partial charge in [0.15, 0.2) is 11.5 Å². The second-order valence-corrected chi connectivity index (χ2v) is 13.8. The van der Waals surface area contributed by atoms with E-state index in [0.717, 1.165) is 52.0 Å². The number of hydrogen-bond acceptors (Lipinski definition) is 6. The van der Waals surface area contributed by atoms with Crippen LogP contribution in [0.2, 0.25) is 0 Å². The van der Waals surface area contributed by atoms with Crippen LogP contribution in [0.15, 0.2) is 76.1 Å². The lowest BCUT2D eigenvalue weighted by Gasteiger charge is -2.33. The number of anilines is 1. The van der Waals surface area contributed by atoms with E-state index in [2.05, 4.69) is 21.2 Å². The van der Waals surface area contributed by atoms with Gasteiger partial charge in [0.25, 0.3) is 10.0 Å². The van der Waals surface area contributed by atoms with Crippen molar-refractivity contribution in [1.29, 1.82) is 0 Å². The van der Waals surface area contributed by atoms with Crippen LogP contribution in [0.5, 0.6) is 11.5 Å². The van der Waals surface area contributed by atoms with Crippen molar-refractivity contribution in [1.82, 2.24) is 10.2 Å². The third-order valence-electron chi connectivity index (χ3n) is 7.90. The van der Waals surface area contributed by atoms with Gasteiger partial charge in [-0.2, -0.15) is 0 Å². The van der Waals surface area contributed by atoms with E-state index in [1.54, 1.807) is 31.2 Å². The third-order valence-corrected chi connectivity index (χ3v) is 10.2. The molecule has 1 N–H and O–H groups in total. The Balaban J connectivity index is 1.70. The van der Waals surface area contributed by atoms with Crippen molar-refractivity contribution in [3.8, 4) is 11.5 Å². The quantitative estimate of drug-likeness (QED) is 0.257. The second kappa shape index (κ2) is 14.9. The number of ether oxygens (including phenoxy) is 2. The van der Waals surface area contributed by atoms with Gasteiger partial charge in [-0.3, -0.25) is 13.9 Å². The summed E-state index contributed by atoms with van der Waals surface area (Å²) in [6, 6.07) is 17.9. The van der Waals surface area contributed by atoms with Gasteiger partial charge in [0.1, 0.15) is 12.6 Å². The van der Waals surface area contributed by atoms with Crippen molar-refractivity contribution in [3.63, 3.8) is 0 Å². The van der Waals surface area contributed by atoms with Crippen LogP contribution in [0.25, 0.3) is 0 Å². The number of nitrogens with one attached hydrogen (secondary N) is 1. The molecule has 0 spiro atoms. The van der Waals surface area contributed by atoms with Gasteiger partial charge >= 0.3 is 0 Å². The maximum atomic E-state index is 14.2. The molecule has 1 aliphatic rings. The molecule has 9 nitrogen and oxygen atoms in total. The number of amides is 2. The van der Waals surface area contributed by atoms with Crippen molar-refractivity contribution < 1.29 is 27.5 Å². The Morgan fingerprint density at radius 1 is 0.955 bits per heavy atom. The fraction of sp³-hybridized carbons (Fsp3) is 0.394. The van der Waals surface area contributed by atoms with Crippen LogP contribution in [-0.4, -0.2) is 58.0 Å². The number of halogens is 1. The van der Waals surface area contributed by atoms with Crippen LogP contribution in [-0.2, 0) is 26.2 Å². The highest BCUT2D eigenvalue weighted by Gasteiger charge is 2.33. The molecule has 44 heavy (non-hydrogen) atoms. The van der Waals surface area contributed by atoms with Crippen molar-refractivity contribution in [2.75, 3.05) is 25.1 Å². The summed E-state index contributed by atoms with van der Waals surface area (Å²) < 4.78 is 40.9. The maximum absolute atomic E-state index is 14.2. The monoisotopic (exact) mass is 685 g/mol. The fourth-order valence-electron chi connectivity index (χ4n) is 5.33. The zero-order chi connectivity index (χ0) is 31.9. The van der Waals surface area contributed by atoms with E-state index in [1.165, 1.54) is 37.3 Å². The molecule has 0 aliphatic heterocycles. The van der Waals surface area contributed by atoms with Crippen molar-refractivity contribution >= 4 is 43.5 Å². The number of methoxy groups -OCH3 is 2. The second-order valence-electron chi connectivity index (χ2n) is 11.0. The summed E-state index contributed by atoms with van der Waals surface area (Å²) in [6.45, 7) is 3.19. The molecule has 2 amide bonds. The fourth-order valence-corrected chi connectivity index (χ4v) is 7.20. The first-order valence-corrected chi connectivity index (χ1v) is 16.9. The summed E-state index contributed by atoms with van der Waals surface area (Å²) in [4.78, 5) is 29.1. The molecular formula is C33H40BrN3O6S. The lowest BCUT2D eigenvalue weighted by atomic mass is 9.95. The average Bonchev–Trinajstić information content (AvgIpc) is 3.02. The van der Waals surface area contributed by atoms with E-state index < -0.39 is 28.5 Å². The molecule has 0 unspecified atom stereocenters. The molecule has 1 aliphatic carbocycles. The minimum Gasteiger partial charge on any atom is -0.493 e. The number of carbonyl (C=O) groups is 2. The van der Waals surface area contributed by atoms with Gasteiger partial charge in [0, 0.05) is 23.1 Å². The van der Waals surface area contributed by atoms with E-state index in [9.17, 15) is 18.0 Å². The lowest BCUT2D eigenvalue weighted by molar-refractivity contribution is -0.139. The smallest absolute Gasteiger partial charge is 0.264 e. The molecule has 0 radical (unpaired) electrons. The van der Waals surface area contributed by atoms with Gasteiger partial charge in [0.2, 0.25) is 11.8 Å². The number of rotatable bonds is 12. The summed E-state index contributed by atoms with van der Waals surface area (Å²) in [6.07, 6.45) is 5.07. The van der Waals surface area contributed by atoms with Crippen LogP contribution < -0.4 is 19.1 Å². The highest BCUT2D eigenvalue weighted by Crippen LogP contribution is 2.32. The van der Waals surface area contributed by atoms with Crippen molar-refractivity contribution in [2.45, 2.75) is 69.5 Å². The predicted molar refractivity (Wildman–Crippen MR) is 174 cm³/mol. The number of nitrogens with zero attached hydrogens (tertiary/aromatic N) is 2. The Kier molecular flexibility index (Phi) is 11.3. The van der Waals surface area contributed by atoms with Gasteiger partial charge in [-0.15, -0.1) is 0 Å². The molecule has 1 fully saturated rings. The van der Waals surface area contributed by atoms with Crippen LogP contribution >= 0.6 is 15.9 Å².